The number of benzene rings is 1. The molecule has 1 aliphatic carbocycles. The van der Waals surface area contributed by atoms with Crippen LogP contribution in [0, 0.1) is 0 Å². The lowest BCUT2D eigenvalue weighted by Crippen LogP contribution is -2.44. The van der Waals surface area contributed by atoms with E-state index in [0.29, 0.717) is 15.1 Å². The SMILES string of the molecule is N/C(CN(C(=O)c1ccc(Cl)cc1Br)C1CCCC1)=N/O. The number of hydrogen-bond donors (Lipinski definition) is 2. The molecule has 1 saturated carbocycles. The van der Waals surface area contributed by atoms with E-state index in [1.807, 2.05) is 0 Å². The molecule has 0 aromatic heterocycles. The summed E-state index contributed by atoms with van der Waals surface area (Å²) in [4.78, 5) is 14.5. The summed E-state index contributed by atoms with van der Waals surface area (Å²) < 4.78 is 0.641. The molecular formula is C14H17BrClN3O2. The van der Waals surface area contributed by atoms with Crippen molar-refractivity contribution in [2.45, 2.75) is 31.7 Å². The fourth-order valence-electron chi connectivity index (χ4n) is 2.61. The number of amidine groups is 1. The number of nitrogens with zero attached hydrogens (tertiary/aromatic N) is 2. The van der Waals surface area contributed by atoms with Crippen molar-refractivity contribution < 1.29 is 10.0 Å². The highest BCUT2D eigenvalue weighted by molar-refractivity contribution is 9.10. The molecule has 3 N–H and O–H groups in total. The zero-order valence-electron chi connectivity index (χ0n) is 11.4. The molecule has 0 spiro atoms. The Balaban J connectivity index is 2.28. The van der Waals surface area contributed by atoms with Gasteiger partial charge < -0.3 is 15.8 Å². The average molecular weight is 375 g/mol. The van der Waals surface area contributed by atoms with Crippen LogP contribution in [0.2, 0.25) is 5.02 Å². The zero-order valence-corrected chi connectivity index (χ0v) is 13.8. The number of oxime groups is 1. The molecule has 114 valence electrons. The lowest BCUT2D eigenvalue weighted by Gasteiger charge is -2.29. The van der Waals surface area contributed by atoms with Gasteiger partial charge in [0.1, 0.15) is 0 Å². The first kappa shape index (κ1) is 16.1. The topological polar surface area (TPSA) is 78.9 Å². The minimum Gasteiger partial charge on any atom is -0.409 e. The molecule has 0 saturated heterocycles. The summed E-state index contributed by atoms with van der Waals surface area (Å²) in [5.41, 5.74) is 6.12. The monoisotopic (exact) mass is 373 g/mol. The Morgan fingerprint density at radius 1 is 1.48 bits per heavy atom. The van der Waals surface area contributed by atoms with E-state index in [2.05, 4.69) is 21.1 Å². The van der Waals surface area contributed by atoms with Gasteiger partial charge in [-0.15, -0.1) is 0 Å². The van der Waals surface area contributed by atoms with Crippen LogP contribution >= 0.6 is 27.5 Å². The molecule has 0 heterocycles. The highest BCUT2D eigenvalue weighted by atomic mass is 79.9. The molecule has 0 bridgehead atoms. The van der Waals surface area contributed by atoms with Gasteiger partial charge in [-0.2, -0.15) is 0 Å². The minimum atomic E-state index is -0.142. The maximum Gasteiger partial charge on any atom is 0.255 e. The molecule has 0 radical (unpaired) electrons. The molecule has 5 nitrogen and oxygen atoms in total. The number of carbonyl (C=O) groups is 1. The van der Waals surface area contributed by atoms with Crippen molar-refractivity contribution in [3.8, 4) is 0 Å². The van der Waals surface area contributed by atoms with Crippen LogP contribution in [-0.2, 0) is 0 Å². The molecule has 0 aliphatic heterocycles. The van der Waals surface area contributed by atoms with E-state index in [9.17, 15) is 4.79 Å². The predicted octanol–water partition coefficient (Wildman–Crippen LogP) is 3.23. The lowest BCUT2D eigenvalue weighted by atomic mass is 10.1. The first-order valence-corrected chi connectivity index (χ1v) is 7.92. The Kier molecular flexibility index (Phi) is 5.47. The summed E-state index contributed by atoms with van der Waals surface area (Å²) in [6.07, 6.45) is 4.06. The lowest BCUT2D eigenvalue weighted by molar-refractivity contribution is 0.0711. The second-order valence-electron chi connectivity index (χ2n) is 5.09. The standard InChI is InChI=1S/C14H17BrClN3O2/c15-12-7-9(16)5-6-11(12)14(20)19(8-13(17)18-21)10-3-1-2-4-10/h5-7,10,21H,1-4,8H2,(H2,17,18). The van der Waals surface area contributed by atoms with Gasteiger partial charge in [0.05, 0.1) is 12.1 Å². The van der Waals surface area contributed by atoms with Crippen molar-refractivity contribution in [1.82, 2.24) is 4.90 Å². The normalized spacial score (nSPS) is 16.2. The van der Waals surface area contributed by atoms with Crippen molar-refractivity contribution in [2.75, 3.05) is 6.54 Å². The van der Waals surface area contributed by atoms with E-state index in [4.69, 9.17) is 22.5 Å². The second-order valence-corrected chi connectivity index (χ2v) is 6.38. The Morgan fingerprint density at radius 2 is 2.14 bits per heavy atom. The Bertz CT molecular complexity index is 559. The Morgan fingerprint density at radius 3 is 2.71 bits per heavy atom. The molecule has 1 aromatic carbocycles. The number of nitrogens with two attached hydrogens (primary N) is 1. The Labute approximate surface area is 136 Å². The summed E-state index contributed by atoms with van der Waals surface area (Å²) in [7, 11) is 0. The van der Waals surface area contributed by atoms with Crippen molar-refractivity contribution in [3.05, 3.63) is 33.3 Å². The molecule has 7 heteroatoms. The average Bonchev–Trinajstić information content (AvgIpc) is 2.97. The van der Waals surface area contributed by atoms with Gasteiger partial charge >= 0.3 is 0 Å². The van der Waals surface area contributed by atoms with Crippen molar-refractivity contribution in [3.63, 3.8) is 0 Å². The Hall–Kier alpha value is -1.27. The van der Waals surface area contributed by atoms with E-state index in [-0.39, 0.29) is 24.3 Å². The van der Waals surface area contributed by atoms with Crippen LogP contribution in [0.3, 0.4) is 0 Å². The van der Waals surface area contributed by atoms with E-state index >= 15 is 0 Å². The summed E-state index contributed by atoms with van der Waals surface area (Å²) in [5, 5.41) is 12.3. The number of amides is 1. The molecule has 0 atom stereocenters. The zero-order chi connectivity index (χ0) is 15.4. The second kappa shape index (κ2) is 7.13. The van der Waals surface area contributed by atoms with Gasteiger partial charge in [0, 0.05) is 15.5 Å². The molecule has 1 aliphatic rings. The molecule has 2 rings (SSSR count). The van der Waals surface area contributed by atoms with Crippen LogP contribution in [-0.4, -0.2) is 34.4 Å². The number of rotatable bonds is 4. The smallest absolute Gasteiger partial charge is 0.255 e. The maximum absolute atomic E-state index is 12.8. The third-order valence-electron chi connectivity index (χ3n) is 3.65. The van der Waals surface area contributed by atoms with Crippen molar-refractivity contribution >= 4 is 39.3 Å². The van der Waals surface area contributed by atoms with Crippen LogP contribution in [0.1, 0.15) is 36.0 Å². The molecule has 1 fully saturated rings. The fraction of sp³-hybridized carbons (Fsp3) is 0.429. The number of halogens is 2. The first-order chi connectivity index (χ1) is 10.0. The molecule has 0 unspecified atom stereocenters. The summed E-state index contributed by atoms with van der Waals surface area (Å²) >= 11 is 9.27. The van der Waals surface area contributed by atoms with Gasteiger partial charge in [0.2, 0.25) is 0 Å². The highest BCUT2D eigenvalue weighted by Crippen LogP contribution is 2.28. The van der Waals surface area contributed by atoms with Gasteiger partial charge in [0.25, 0.3) is 5.91 Å². The largest absolute Gasteiger partial charge is 0.409 e. The third-order valence-corrected chi connectivity index (χ3v) is 4.54. The summed E-state index contributed by atoms with van der Waals surface area (Å²) in [5.74, 6) is -0.114. The molecule has 1 amide bonds. The predicted molar refractivity (Wildman–Crippen MR) is 85.9 cm³/mol. The number of carbonyl (C=O) groups excluding carboxylic acids is 1. The van der Waals surface area contributed by atoms with Gasteiger partial charge in [0.15, 0.2) is 5.84 Å². The molecular weight excluding hydrogens is 358 g/mol. The minimum absolute atomic E-state index is 0.0281. The van der Waals surface area contributed by atoms with Crippen LogP contribution < -0.4 is 5.73 Å². The van der Waals surface area contributed by atoms with E-state index in [1.54, 1.807) is 23.1 Å². The van der Waals surface area contributed by atoms with Gasteiger partial charge in [-0.25, -0.2) is 0 Å². The van der Waals surface area contributed by atoms with E-state index in [1.165, 1.54) is 0 Å². The van der Waals surface area contributed by atoms with Crippen molar-refractivity contribution in [2.24, 2.45) is 10.9 Å². The summed E-state index contributed by atoms with van der Waals surface area (Å²) in [6, 6.07) is 5.17. The fourth-order valence-corrected chi connectivity index (χ4v) is 3.46. The van der Waals surface area contributed by atoms with Crippen LogP contribution in [0.5, 0.6) is 0 Å². The highest BCUT2D eigenvalue weighted by Gasteiger charge is 2.29. The quantitative estimate of drug-likeness (QED) is 0.367. The third kappa shape index (κ3) is 3.89. The molecule has 21 heavy (non-hydrogen) atoms. The summed E-state index contributed by atoms with van der Waals surface area (Å²) in [6.45, 7) is 0.120. The van der Waals surface area contributed by atoms with Crippen LogP contribution in [0.4, 0.5) is 0 Å². The van der Waals surface area contributed by atoms with E-state index in [0.717, 1.165) is 25.7 Å². The van der Waals surface area contributed by atoms with Gasteiger partial charge in [-0.05, 0) is 47.0 Å². The van der Waals surface area contributed by atoms with Gasteiger partial charge in [-0.3, -0.25) is 4.79 Å². The number of hydrogen-bond acceptors (Lipinski definition) is 3. The van der Waals surface area contributed by atoms with E-state index < -0.39 is 0 Å². The van der Waals surface area contributed by atoms with Crippen LogP contribution in [0.25, 0.3) is 0 Å². The first-order valence-electron chi connectivity index (χ1n) is 6.75. The molecule has 1 aromatic rings. The van der Waals surface area contributed by atoms with Crippen molar-refractivity contribution in [1.29, 1.82) is 0 Å². The van der Waals surface area contributed by atoms with Crippen LogP contribution in [0.15, 0.2) is 27.8 Å². The van der Waals surface area contributed by atoms with Gasteiger partial charge in [-0.1, -0.05) is 29.6 Å². The maximum atomic E-state index is 12.8.